The van der Waals surface area contributed by atoms with Gasteiger partial charge in [0.2, 0.25) is 0 Å². The van der Waals surface area contributed by atoms with Gasteiger partial charge in [-0.05, 0) is 37.1 Å². The maximum atomic E-state index is 4.50. The Labute approximate surface area is 174 Å². The molecule has 0 saturated carbocycles. The van der Waals surface area contributed by atoms with Crippen molar-refractivity contribution in [3.8, 4) is 0 Å². The SMILES string of the molecule is Cc1ccccc1N=Cc1ccc(C=Nc2ccccc2C)[n-]1.[Br][Fe+][Br]. The van der Waals surface area contributed by atoms with Crippen LogP contribution in [0.25, 0.3) is 0 Å². The second kappa shape index (κ2) is 11.3. The van der Waals surface area contributed by atoms with Crippen LogP contribution >= 0.6 is 28.2 Å². The van der Waals surface area contributed by atoms with Crippen molar-refractivity contribution < 1.29 is 11.3 Å². The first-order chi connectivity index (χ1) is 12.6. The van der Waals surface area contributed by atoms with Gasteiger partial charge in [0, 0.05) is 12.4 Å². The van der Waals surface area contributed by atoms with Gasteiger partial charge in [0.05, 0.1) is 11.4 Å². The van der Waals surface area contributed by atoms with Crippen molar-refractivity contribution in [2.75, 3.05) is 0 Å². The van der Waals surface area contributed by atoms with Crippen LogP contribution in [0, 0.1) is 13.8 Å². The first-order valence-corrected chi connectivity index (χ1v) is 13.3. The molecule has 0 N–H and O–H groups in total. The van der Waals surface area contributed by atoms with E-state index >= 15 is 0 Å². The van der Waals surface area contributed by atoms with E-state index in [-0.39, 0.29) is 0 Å². The quantitative estimate of drug-likeness (QED) is 0.290. The molecule has 0 spiro atoms. The number of aromatic nitrogens is 1. The second-order valence-corrected chi connectivity index (χ2v) is 11.0. The number of aliphatic imine (C=N–C) groups is 2. The van der Waals surface area contributed by atoms with E-state index in [1.807, 2.05) is 74.5 Å². The minimum absolute atomic E-state index is 0.833. The zero-order valence-electron chi connectivity index (χ0n) is 14.4. The van der Waals surface area contributed by atoms with E-state index in [1.165, 1.54) is 0 Å². The summed E-state index contributed by atoms with van der Waals surface area (Å²) in [6, 6.07) is 20.0. The van der Waals surface area contributed by atoms with Crippen LogP contribution in [-0.4, -0.2) is 12.4 Å². The van der Waals surface area contributed by atoms with E-state index < -0.39 is 0 Å². The molecule has 0 aliphatic carbocycles. The number of nitrogens with zero attached hydrogens (tertiary/aromatic N) is 3. The average Bonchev–Trinajstić information content (AvgIpc) is 3.09. The number of para-hydroxylation sites is 2. The van der Waals surface area contributed by atoms with Crippen molar-refractivity contribution in [1.29, 1.82) is 0 Å². The Morgan fingerprint density at radius 3 is 1.50 bits per heavy atom. The molecule has 0 unspecified atom stereocenters. The molecule has 3 nitrogen and oxygen atoms in total. The van der Waals surface area contributed by atoms with Crippen LogP contribution < -0.4 is 4.98 Å². The number of rotatable bonds is 4. The monoisotopic (exact) mass is 514 g/mol. The third-order valence-corrected chi connectivity index (χ3v) is 3.59. The fourth-order valence-corrected chi connectivity index (χ4v) is 2.23. The average molecular weight is 516 g/mol. The Morgan fingerprint density at radius 1 is 0.731 bits per heavy atom. The molecule has 1 aromatic heterocycles. The van der Waals surface area contributed by atoms with Gasteiger partial charge in [-0.3, -0.25) is 9.98 Å². The van der Waals surface area contributed by atoms with Crippen molar-refractivity contribution in [3.63, 3.8) is 0 Å². The summed E-state index contributed by atoms with van der Waals surface area (Å²) in [5.41, 5.74) is 5.89. The Morgan fingerprint density at radius 2 is 1.12 bits per heavy atom. The molecule has 0 bridgehead atoms. The molecular weight excluding hydrogens is 498 g/mol. The Kier molecular flexibility index (Phi) is 9.06. The molecule has 2 aromatic carbocycles. The van der Waals surface area contributed by atoms with E-state index in [0.717, 1.165) is 45.2 Å². The number of aryl methyl sites for hydroxylation is 2. The second-order valence-electron chi connectivity index (χ2n) is 5.43. The zero-order valence-corrected chi connectivity index (χ0v) is 18.7. The summed E-state index contributed by atoms with van der Waals surface area (Å²) < 4.78 is 0. The molecule has 3 rings (SSSR count). The first kappa shape index (κ1) is 20.8. The van der Waals surface area contributed by atoms with E-state index in [4.69, 9.17) is 0 Å². The van der Waals surface area contributed by atoms with Crippen molar-refractivity contribution in [2.45, 2.75) is 13.8 Å². The van der Waals surface area contributed by atoms with Gasteiger partial charge >= 0.3 is 39.6 Å². The molecule has 0 amide bonds. The molecule has 135 valence electrons. The number of hydrogen-bond donors (Lipinski definition) is 0. The van der Waals surface area contributed by atoms with Crippen LogP contribution in [0.15, 0.2) is 70.6 Å². The van der Waals surface area contributed by atoms with Gasteiger partial charge in [0.15, 0.2) is 0 Å². The topological polar surface area (TPSA) is 38.8 Å². The zero-order chi connectivity index (χ0) is 18.8. The summed E-state index contributed by atoms with van der Waals surface area (Å²) in [6.07, 6.45) is 3.57. The molecule has 0 aliphatic heterocycles. The van der Waals surface area contributed by atoms with Gasteiger partial charge in [0.25, 0.3) is 0 Å². The summed E-state index contributed by atoms with van der Waals surface area (Å²) in [6.45, 7) is 4.09. The Hall–Kier alpha value is -1.46. The first-order valence-electron chi connectivity index (χ1n) is 7.82. The number of benzene rings is 2. The summed E-state index contributed by atoms with van der Waals surface area (Å²) >= 11 is 7.00. The van der Waals surface area contributed by atoms with Gasteiger partial charge in [-0.25, -0.2) is 0 Å². The van der Waals surface area contributed by atoms with E-state index in [2.05, 4.69) is 43.2 Å². The number of halogens is 2. The third-order valence-electron chi connectivity index (χ3n) is 3.59. The van der Waals surface area contributed by atoms with Gasteiger partial charge in [0.1, 0.15) is 0 Å². The fraction of sp³-hybridized carbons (Fsp3) is 0.100. The molecular formula is C20H18Br2FeN3. The van der Waals surface area contributed by atoms with Crippen molar-refractivity contribution in [3.05, 3.63) is 83.2 Å². The third kappa shape index (κ3) is 6.69. The summed E-state index contributed by atoms with van der Waals surface area (Å²) in [4.78, 5) is 13.5. The minimum atomic E-state index is 0.833. The van der Waals surface area contributed by atoms with Crippen LogP contribution in [0.4, 0.5) is 11.4 Å². The van der Waals surface area contributed by atoms with Gasteiger partial charge < -0.3 is 4.98 Å². The number of hydrogen-bond acceptors (Lipinski definition) is 2. The Balaban J connectivity index is 0.000000758. The van der Waals surface area contributed by atoms with Crippen molar-refractivity contribution in [1.82, 2.24) is 4.98 Å². The van der Waals surface area contributed by atoms with Crippen molar-refractivity contribution >= 4 is 52.0 Å². The molecule has 0 atom stereocenters. The molecule has 26 heavy (non-hydrogen) atoms. The molecule has 3 aromatic rings. The standard InChI is InChI=1S/C20H18N3.2BrH.Fe/c1-15-7-3-5-9-19(15)21-13-17-11-12-18(23-17)14-22-20-10-6-4-8-16(20)2;;;/h3-14H,1-2H3;2*1H;/q-1;;;+3/p-2. The summed E-state index contributed by atoms with van der Waals surface area (Å²) in [5, 5.41) is 0. The summed E-state index contributed by atoms with van der Waals surface area (Å²) in [5.74, 6) is 0. The predicted molar refractivity (Wildman–Crippen MR) is 114 cm³/mol. The summed E-state index contributed by atoms with van der Waals surface area (Å²) in [7, 11) is 0. The van der Waals surface area contributed by atoms with Crippen molar-refractivity contribution in [2.24, 2.45) is 9.98 Å². The molecule has 0 aliphatic rings. The molecule has 0 saturated heterocycles. The van der Waals surface area contributed by atoms with Gasteiger partial charge in [-0.15, -0.1) is 11.4 Å². The molecule has 1 heterocycles. The van der Waals surface area contributed by atoms with E-state index in [0.29, 0.717) is 0 Å². The van der Waals surface area contributed by atoms with E-state index in [9.17, 15) is 0 Å². The predicted octanol–water partition coefficient (Wildman–Crippen LogP) is 6.45. The van der Waals surface area contributed by atoms with Crippen LogP contribution in [0.3, 0.4) is 0 Å². The van der Waals surface area contributed by atoms with E-state index in [1.54, 1.807) is 12.4 Å². The van der Waals surface area contributed by atoms with Crippen LogP contribution in [0.2, 0.25) is 0 Å². The Bertz CT molecular complexity index is 818. The molecule has 0 radical (unpaired) electrons. The molecule has 6 heteroatoms. The fourth-order valence-electron chi connectivity index (χ4n) is 2.23. The normalized spacial score (nSPS) is 10.9. The van der Waals surface area contributed by atoms with Gasteiger partial charge in [-0.2, -0.15) is 0 Å². The molecule has 0 fully saturated rings. The van der Waals surface area contributed by atoms with Crippen LogP contribution in [0.5, 0.6) is 0 Å². The van der Waals surface area contributed by atoms with Crippen LogP contribution in [-0.2, 0) is 11.3 Å². The van der Waals surface area contributed by atoms with Gasteiger partial charge in [-0.1, -0.05) is 48.5 Å². The van der Waals surface area contributed by atoms with Crippen LogP contribution in [0.1, 0.15) is 22.5 Å². The maximum absolute atomic E-state index is 4.50.